The van der Waals surface area contributed by atoms with Crippen LogP contribution >= 0.6 is 46.6 Å². The van der Waals surface area contributed by atoms with Crippen LogP contribution in [0, 0.1) is 5.92 Å². The zero-order chi connectivity index (χ0) is 16.7. The van der Waals surface area contributed by atoms with E-state index >= 15 is 0 Å². The number of thioether (sulfide) groups is 1. The van der Waals surface area contributed by atoms with Crippen molar-refractivity contribution in [3.8, 4) is 11.4 Å². The molecule has 1 aromatic carbocycles. The molecule has 2 aromatic rings. The molecule has 0 saturated heterocycles. The van der Waals surface area contributed by atoms with Crippen molar-refractivity contribution in [1.82, 2.24) is 14.8 Å². The van der Waals surface area contributed by atoms with Crippen molar-refractivity contribution < 1.29 is 0 Å². The van der Waals surface area contributed by atoms with Crippen molar-refractivity contribution in [2.45, 2.75) is 47.6 Å². The van der Waals surface area contributed by atoms with Crippen LogP contribution in [0.5, 0.6) is 0 Å². The molecule has 1 heterocycles. The van der Waals surface area contributed by atoms with Crippen LogP contribution in [-0.2, 0) is 0 Å². The van der Waals surface area contributed by atoms with E-state index in [9.17, 15) is 0 Å². The number of hydrogen-bond acceptors (Lipinski definition) is 3. The lowest BCUT2D eigenvalue weighted by Gasteiger charge is -2.17. The number of benzene rings is 1. The van der Waals surface area contributed by atoms with Crippen molar-refractivity contribution >= 4 is 46.6 Å². The Morgan fingerprint density at radius 1 is 1.17 bits per heavy atom. The van der Waals surface area contributed by atoms with Crippen molar-refractivity contribution in [3.63, 3.8) is 0 Å². The van der Waals surface area contributed by atoms with E-state index in [0.717, 1.165) is 28.7 Å². The largest absolute Gasteiger partial charge is 0.299 e. The molecule has 0 spiro atoms. The number of rotatable bonds is 5. The van der Waals surface area contributed by atoms with E-state index in [1.165, 1.54) is 25.7 Å². The Morgan fingerprint density at radius 3 is 2.54 bits per heavy atom. The molecule has 1 atom stereocenters. The topological polar surface area (TPSA) is 30.7 Å². The van der Waals surface area contributed by atoms with Gasteiger partial charge in [0.2, 0.25) is 0 Å². The lowest BCUT2D eigenvalue weighted by molar-refractivity contribution is 0.485. The van der Waals surface area contributed by atoms with Crippen LogP contribution in [0.15, 0.2) is 29.4 Å². The molecule has 0 bridgehead atoms. The van der Waals surface area contributed by atoms with Gasteiger partial charge in [-0.3, -0.25) is 4.57 Å². The maximum Gasteiger partial charge on any atom is 0.191 e. The Balaban J connectivity index is 1.65. The smallest absolute Gasteiger partial charge is 0.191 e. The summed E-state index contributed by atoms with van der Waals surface area (Å²) in [5.74, 6) is 2.08. The summed E-state index contributed by atoms with van der Waals surface area (Å²) in [6, 6.07) is 8.28. The van der Waals surface area contributed by atoms with Gasteiger partial charge in [-0.1, -0.05) is 48.3 Å². The minimum atomic E-state index is -0.545. The Bertz CT molecular complexity index is 740. The molecule has 4 rings (SSSR count). The van der Waals surface area contributed by atoms with E-state index in [1.807, 2.05) is 24.3 Å². The van der Waals surface area contributed by atoms with Gasteiger partial charge in [-0.2, -0.15) is 0 Å². The van der Waals surface area contributed by atoms with E-state index in [-0.39, 0.29) is 0 Å². The molecule has 24 heavy (non-hydrogen) atoms. The van der Waals surface area contributed by atoms with Crippen LogP contribution in [0.3, 0.4) is 0 Å². The lowest BCUT2D eigenvalue weighted by Crippen LogP contribution is -2.09. The summed E-state index contributed by atoms with van der Waals surface area (Å²) < 4.78 is 1.74. The molecule has 0 amide bonds. The first-order chi connectivity index (χ1) is 11.6. The average molecular weight is 403 g/mol. The van der Waals surface area contributed by atoms with Gasteiger partial charge < -0.3 is 0 Å². The van der Waals surface area contributed by atoms with Crippen molar-refractivity contribution in [2.24, 2.45) is 5.92 Å². The maximum atomic E-state index is 6.40. The highest BCUT2D eigenvalue weighted by atomic mass is 35.5. The van der Waals surface area contributed by atoms with E-state index in [4.69, 9.17) is 34.8 Å². The first-order valence-corrected chi connectivity index (χ1v) is 10.4. The summed E-state index contributed by atoms with van der Waals surface area (Å²) in [6.45, 7) is 0. The summed E-state index contributed by atoms with van der Waals surface area (Å²) in [4.78, 5) is 0. The molecule has 0 radical (unpaired) electrons. The van der Waals surface area contributed by atoms with Gasteiger partial charge in [-0.05, 0) is 31.4 Å². The van der Waals surface area contributed by atoms with Gasteiger partial charge >= 0.3 is 0 Å². The SMILES string of the molecule is Clc1ccccc1-c1nnc(SC[C@H]2CC2(Cl)Cl)n1C1CCCC1. The Hall–Kier alpha value is -0.420. The van der Waals surface area contributed by atoms with Gasteiger partial charge in [0.05, 0.1) is 5.02 Å². The van der Waals surface area contributed by atoms with Crippen LogP contribution in [-0.4, -0.2) is 24.9 Å². The molecule has 7 heteroatoms. The van der Waals surface area contributed by atoms with E-state index in [2.05, 4.69) is 14.8 Å². The highest BCUT2D eigenvalue weighted by molar-refractivity contribution is 7.99. The number of aromatic nitrogens is 3. The minimum Gasteiger partial charge on any atom is -0.299 e. The Kier molecular flexibility index (Phi) is 4.76. The first kappa shape index (κ1) is 17.0. The first-order valence-electron chi connectivity index (χ1n) is 8.26. The summed E-state index contributed by atoms with van der Waals surface area (Å²) in [6.07, 6.45) is 5.70. The van der Waals surface area contributed by atoms with Crippen LogP contribution in [0.2, 0.25) is 5.02 Å². The third-order valence-electron chi connectivity index (χ3n) is 4.84. The van der Waals surface area contributed by atoms with E-state index in [1.54, 1.807) is 11.8 Å². The van der Waals surface area contributed by atoms with Gasteiger partial charge in [0.25, 0.3) is 0 Å². The van der Waals surface area contributed by atoms with Crippen molar-refractivity contribution in [1.29, 1.82) is 0 Å². The molecule has 1 aromatic heterocycles. The molecule has 2 aliphatic rings. The summed E-state index contributed by atoms with van der Waals surface area (Å²) in [7, 11) is 0. The maximum absolute atomic E-state index is 6.40. The van der Waals surface area contributed by atoms with E-state index < -0.39 is 4.33 Å². The highest BCUT2D eigenvalue weighted by Gasteiger charge is 2.51. The summed E-state index contributed by atoms with van der Waals surface area (Å²) in [5, 5.41) is 10.6. The second-order valence-electron chi connectivity index (χ2n) is 6.57. The Morgan fingerprint density at radius 2 is 1.88 bits per heavy atom. The molecule has 0 aliphatic heterocycles. The molecular formula is C17H18Cl3N3S. The standard InChI is InChI=1S/C17H18Cl3N3S/c18-14-8-4-3-7-13(14)15-21-22-16(23(15)12-5-1-2-6-12)24-10-11-9-17(11,19)20/h3-4,7-8,11-12H,1-2,5-6,9-10H2/t11-/m1/s1. The van der Waals surface area contributed by atoms with Gasteiger partial charge in [0.15, 0.2) is 11.0 Å². The van der Waals surface area contributed by atoms with E-state index in [0.29, 0.717) is 17.0 Å². The molecule has 0 unspecified atom stereocenters. The van der Waals surface area contributed by atoms with Crippen LogP contribution in [0.4, 0.5) is 0 Å². The molecule has 3 nitrogen and oxygen atoms in total. The molecule has 2 saturated carbocycles. The molecule has 128 valence electrons. The fourth-order valence-electron chi connectivity index (χ4n) is 3.32. The molecule has 2 fully saturated rings. The molecule has 0 N–H and O–H groups in total. The third kappa shape index (κ3) is 3.31. The highest BCUT2D eigenvalue weighted by Crippen LogP contribution is 2.55. The molecule has 2 aliphatic carbocycles. The second kappa shape index (κ2) is 6.71. The predicted octanol–water partition coefficient (Wildman–Crippen LogP) is 6.00. The summed E-state index contributed by atoms with van der Waals surface area (Å²) >= 11 is 20.4. The van der Waals surface area contributed by atoms with Gasteiger partial charge in [-0.15, -0.1) is 33.4 Å². The number of hydrogen-bond donors (Lipinski definition) is 0. The van der Waals surface area contributed by atoms with Crippen LogP contribution in [0.25, 0.3) is 11.4 Å². The van der Waals surface area contributed by atoms with Crippen molar-refractivity contribution in [2.75, 3.05) is 5.75 Å². The number of nitrogens with zero attached hydrogens (tertiary/aromatic N) is 3. The minimum absolute atomic E-state index is 0.336. The number of alkyl halides is 2. The fraction of sp³-hybridized carbons (Fsp3) is 0.529. The fourth-order valence-corrected chi connectivity index (χ4v) is 5.47. The molecular weight excluding hydrogens is 385 g/mol. The predicted molar refractivity (Wildman–Crippen MR) is 101 cm³/mol. The average Bonchev–Trinajstić information content (AvgIpc) is 2.98. The third-order valence-corrected chi connectivity index (χ3v) is 7.20. The zero-order valence-corrected chi connectivity index (χ0v) is 16.2. The second-order valence-corrected chi connectivity index (χ2v) is 9.50. The quantitative estimate of drug-likeness (QED) is 0.454. The van der Waals surface area contributed by atoms with Crippen molar-refractivity contribution in [3.05, 3.63) is 29.3 Å². The summed E-state index contributed by atoms with van der Waals surface area (Å²) in [5.41, 5.74) is 0.945. The van der Waals surface area contributed by atoms with Crippen LogP contribution < -0.4 is 0 Å². The lowest BCUT2D eigenvalue weighted by atomic mass is 10.2. The van der Waals surface area contributed by atoms with Gasteiger partial charge in [-0.25, -0.2) is 0 Å². The number of halogens is 3. The normalized spacial score (nSPS) is 22.9. The van der Waals surface area contributed by atoms with Gasteiger partial charge in [0, 0.05) is 23.3 Å². The van der Waals surface area contributed by atoms with Crippen LogP contribution in [0.1, 0.15) is 38.1 Å². The zero-order valence-electron chi connectivity index (χ0n) is 13.1. The Labute approximate surface area is 161 Å². The monoisotopic (exact) mass is 401 g/mol. The van der Waals surface area contributed by atoms with Gasteiger partial charge in [0.1, 0.15) is 4.33 Å².